The third kappa shape index (κ3) is 5.64. The second-order valence-corrected chi connectivity index (χ2v) is 7.20. The highest BCUT2D eigenvalue weighted by Gasteiger charge is 2.32. The first-order chi connectivity index (χ1) is 13.1. The number of benzene rings is 2. The lowest BCUT2D eigenvalue weighted by Gasteiger charge is -2.16. The van der Waals surface area contributed by atoms with Crippen molar-refractivity contribution < 1.29 is 9.59 Å². The number of hydrogen-bond donors (Lipinski definition) is 2. The third-order valence-corrected chi connectivity index (χ3v) is 5.28. The number of nitrogens with one attached hydrogen (secondary N) is 1. The van der Waals surface area contributed by atoms with Gasteiger partial charge in [-0.1, -0.05) is 30.3 Å². The van der Waals surface area contributed by atoms with Crippen molar-refractivity contribution in [1.82, 2.24) is 4.90 Å². The Kier molecular flexibility index (Phi) is 8.18. The van der Waals surface area contributed by atoms with E-state index in [4.69, 9.17) is 5.73 Å². The number of ketones is 1. The molecule has 3 rings (SSSR count). The summed E-state index contributed by atoms with van der Waals surface area (Å²) < 4.78 is 0. The number of nitrogens with two attached hydrogens (primary N) is 1. The molecule has 5 nitrogen and oxygen atoms in total. The van der Waals surface area contributed by atoms with E-state index in [9.17, 15) is 9.59 Å². The molecule has 1 fully saturated rings. The SMILES string of the molecule is CC(=O)c1ccc(NC(=O)CCN2C[C@@H](CN)[C@H](c3ccccc3)C2)cc1.Cl. The third-order valence-electron chi connectivity index (χ3n) is 5.28. The predicted molar refractivity (Wildman–Crippen MR) is 115 cm³/mol. The van der Waals surface area contributed by atoms with Gasteiger partial charge in [0.1, 0.15) is 0 Å². The van der Waals surface area contributed by atoms with E-state index in [2.05, 4.69) is 34.5 Å². The maximum Gasteiger partial charge on any atom is 0.225 e. The van der Waals surface area contributed by atoms with Gasteiger partial charge in [-0.15, -0.1) is 12.4 Å². The standard InChI is InChI=1S/C22H27N3O2.ClH/c1-16(26)17-7-9-20(10-8-17)24-22(27)11-12-25-14-19(13-23)21(15-25)18-5-3-2-4-6-18;/h2-10,19,21H,11-15,23H2,1H3,(H,24,27);1H/t19-,21+;/m1./s1. The molecule has 1 amide bonds. The molecule has 6 heteroatoms. The zero-order valence-electron chi connectivity index (χ0n) is 16.1. The molecule has 0 aromatic heterocycles. The number of likely N-dealkylation sites (tertiary alicyclic amines) is 1. The average Bonchev–Trinajstić information content (AvgIpc) is 3.11. The molecule has 0 saturated carbocycles. The molecular weight excluding hydrogens is 374 g/mol. The van der Waals surface area contributed by atoms with E-state index >= 15 is 0 Å². The number of carbonyl (C=O) groups excluding carboxylic acids is 2. The second kappa shape index (κ2) is 10.4. The summed E-state index contributed by atoms with van der Waals surface area (Å²) in [6.45, 7) is 4.77. The number of amides is 1. The summed E-state index contributed by atoms with van der Waals surface area (Å²) in [5.74, 6) is 0.857. The van der Waals surface area contributed by atoms with Crippen molar-refractivity contribution in [2.45, 2.75) is 19.3 Å². The van der Waals surface area contributed by atoms with Crippen LogP contribution in [0.3, 0.4) is 0 Å². The molecule has 1 aliphatic heterocycles. The molecule has 0 unspecified atom stereocenters. The number of hydrogen-bond acceptors (Lipinski definition) is 4. The van der Waals surface area contributed by atoms with Crippen LogP contribution in [0, 0.1) is 5.92 Å². The fraction of sp³-hybridized carbons (Fsp3) is 0.364. The summed E-state index contributed by atoms with van der Waals surface area (Å²) in [7, 11) is 0. The lowest BCUT2D eigenvalue weighted by atomic mass is 9.89. The van der Waals surface area contributed by atoms with Crippen molar-refractivity contribution >= 4 is 29.8 Å². The van der Waals surface area contributed by atoms with Gasteiger partial charge in [-0.05, 0) is 49.2 Å². The minimum Gasteiger partial charge on any atom is -0.330 e. The topological polar surface area (TPSA) is 75.4 Å². The lowest BCUT2D eigenvalue weighted by Crippen LogP contribution is -2.27. The maximum atomic E-state index is 12.3. The van der Waals surface area contributed by atoms with Crippen molar-refractivity contribution in [3.05, 3.63) is 65.7 Å². The summed E-state index contributed by atoms with van der Waals surface area (Å²) in [4.78, 5) is 25.9. The van der Waals surface area contributed by atoms with Crippen LogP contribution in [0.4, 0.5) is 5.69 Å². The molecule has 2 aromatic rings. The van der Waals surface area contributed by atoms with Crippen molar-refractivity contribution in [3.63, 3.8) is 0 Å². The molecule has 150 valence electrons. The largest absolute Gasteiger partial charge is 0.330 e. The first kappa shape index (κ1) is 22.1. The highest BCUT2D eigenvalue weighted by Crippen LogP contribution is 2.31. The van der Waals surface area contributed by atoms with Gasteiger partial charge in [0, 0.05) is 43.2 Å². The van der Waals surface area contributed by atoms with Gasteiger partial charge in [-0.25, -0.2) is 0 Å². The predicted octanol–water partition coefficient (Wildman–Crippen LogP) is 3.31. The van der Waals surface area contributed by atoms with Crippen LogP contribution < -0.4 is 11.1 Å². The van der Waals surface area contributed by atoms with Crippen LogP contribution in [-0.2, 0) is 4.79 Å². The van der Waals surface area contributed by atoms with Crippen LogP contribution in [0.15, 0.2) is 54.6 Å². The monoisotopic (exact) mass is 401 g/mol. The number of halogens is 1. The maximum absolute atomic E-state index is 12.3. The van der Waals surface area contributed by atoms with Crippen molar-refractivity contribution in [2.24, 2.45) is 11.7 Å². The van der Waals surface area contributed by atoms with Crippen molar-refractivity contribution in [2.75, 3.05) is 31.5 Å². The highest BCUT2D eigenvalue weighted by atomic mass is 35.5. The quantitative estimate of drug-likeness (QED) is 0.698. The molecule has 28 heavy (non-hydrogen) atoms. The van der Waals surface area contributed by atoms with Crippen LogP contribution >= 0.6 is 12.4 Å². The van der Waals surface area contributed by atoms with E-state index in [0.717, 1.165) is 19.6 Å². The van der Waals surface area contributed by atoms with E-state index in [1.165, 1.54) is 12.5 Å². The zero-order valence-corrected chi connectivity index (χ0v) is 17.0. The van der Waals surface area contributed by atoms with Gasteiger partial charge in [-0.3, -0.25) is 9.59 Å². The fourth-order valence-corrected chi connectivity index (χ4v) is 3.73. The fourth-order valence-electron chi connectivity index (χ4n) is 3.73. The average molecular weight is 402 g/mol. The minimum absolute atomic E-state index is 0. The van der Waals surface area contributed by atoms with Crippen LogP contribution in [0.1, 0.15) is 35.2 Å². The summed E-state index contributed by atoms with van der Waals surface area (Å²) in [5.41, 5.74) is 8.67. The molecule has 2 atom stereocenters. The van der Waals surface area contributed by atoms with Gasteiger partial charge >= 0.3 is 0 Å². The normalized spacial score (nSPS) is 19.1. The van der Waals surface area contributed by atoms with Crippen molar-refractivity contribution in [1.29, 1.82) is 0 Å². The number of carbonyl (C=O) groups is 2. The van der Waals surface area contributed by atoms with E-state index in [-0.39, 0.29) is 24.1 Å². The molecule has 1 saturated heterocycles. The lowest BCUT2D eigenvalue weighted by molar-refractivity contribution is -0.116. The Morgan fingerprint density at radius 3 is 2.36 bits per heavy atom. The first-order valence-corrected chi connectivity index (χ1v) is 9.45. The molecule has 2 aromatic carbocycles. The van der Waals surface area contributed by atoms with Crippen LogP contribution in [0.5, 0.6) is 0 Å². The zero-order chi connectivity index (χ0) is 19.2. The number of nitrogens with zero attached hydrogens (tertiary/aromatic N) is 1. The highest BCUT2D eigenvalue weighted by molar-refractivity contribution is 5.95. The molecule has 1 heterocycles. The van der Waals surface area contributed by atoms with Gasteiger partial charge in [-0.2, -0.15) is 0 Å². The molecule has 0 radical (unpaired) electrons. The summed E-state index contributed by atoms with van der Waals surface area (Å²) >= 11 is 0. The van der Waals surface area contributed by atoms with Gasteiger partial charge < -0.3 is 16.0 Å². The van der Waals surface area contributed by atoms with Crippen LogP contribution in [-0.4, -0.2) is 42.8 Å². The van der Waals surface area contributed by atoms with Crippen LogP contribution in [0.2, 0.25) is 0 Å². The van der Waals surface area contributed by atoms with Gasteiger partial charge in [0.25, 0.3) is 0 Å². The van der Waals surface area contributed by atoms with E-state index < -0.39 is 0 Å². The van der Waals surface area contributed by atoms with Gasteiger partial charge in [0.15, 0.2) is 5.78 Å². The van der Waals surface area contributed by atoms with Gasteiger partial charge in [0.2, 0.25) is 5.91 Å². The molecule has 0 spiro atoms. The second-order valence-electron chi connectivity index (χ2n) is 7.20. The van der Waals surface area contributed by atoms with E-state index in [0.29, 0.717) is 36.1 Å². The van der Waals surface area contributed by atoms with Crippen LogP contribution in [0.25, 0.3) is 0 Å². The number of Topliss-reactive ketones (excluding diaryl/α,β-unsaturated/α-hetero) is 1. The number of anilines is 1. The summed E-state index contributed by atoms with van der Waals surface area (Å²) in [5, 5.41) is 2.90. The molecular formula is C22H28ClN3O2. The van der Waals surface area contributed by atoms with E-state index in [1.54, 1.807) is 24.3 Å². The smallest absolute Gasteiger partial charge is 0.225 e. The van der Waals surface area contributed by atoms with Crippen molar-refractivity contribution in [3.8, 4) is 0 Å². The Balaban J connectivity index is 0.00000280. The Morgan fingerprint density at radius 2 is 1.75 bits per heavy atom. The first-order valence-electron chi connectivity index (χ1n) is 9.45. The van der Waals surface area contributed by atoms with Gasteiger partial charge in [0.05, 0.1) is 0 Å². The Labute approximate surface area is 172 Å². The number of rotatable bonds is 7. The molecule has 1 aliphatic rings. The summed E-state index contributed by atoms with van der Waals surface area (Å²) in [6.07, 6.45) is 0.438. The molecule has 3 N–H and O–H groups in total. The Morgan fingerprint density at radius 1 is 1.07 bits per heavy atom. The Hall–Kier alpha value is -2.21. The molecule has 0 aliphatic carbocycles. The Bertz CT molecular complexity index is 780. The molecule has 0 bridgehead atoms. The minimum atomic E-state index is -0.0157. The summed E-state index contributed by atoms with van der Waals surface area (Å²) in [6, 6.07) is 17.5. The van der Waals surface area contributed by atoms with E-state index in [1.807, 2.05) is 6.07 Å².